The molecule has 0 aromatic heterocycles. The molecule has 0 saturated heterocycles. The topological polar surface area (TPSA) is 25.3 Å². The van der Waals surface area contributed by atoms with Gasteiger partial charge in [0.25, 0.3) is 0 Å². The molecular weight excluding hydrogens is 723 g/mol. The van der Waals surface area contributed by atoms with Gasteiger partial charge in [-0.15, -0.1) is 0 Å². The van der Waals surface area contributed by atoms with Crippen molar-refractivity contribution in [2.75, 3.05) is 0 Å². The maximum absolute atomic E-state index is 12.4. The summed E-state index contributed by atoms with van der Waals surface area (Å²) in [6.45, 7) is 13.8. The zero-order chi connectivity index (χ0) is 39.5. The summed E-state index contributed by atoms with van der Waals surface area (Å²) in [7, 11) is 0. The van der Waals surface area contributed by atoms with Crippen molar-refractivity contribution in [2.45, 2.75) is 241 Å². The van der Waals surface area contributed by atoms with Gasteiger partial charge in [0.05, 0.1) is 0 Å². The number of rotatable bonds is 33. The number of allylic oxidation sites excluding steroid dienone is 2. The molecule has 0 fully saturated rings. The van der Waals surface area contributed by atoms with Gasteiger partial charge in [-0.05, 0) is 118 Å². The smallest absolute Gasteiger partial charge is 0.211 e. The second kappa shape index (κ2) is 31.0. The van der Waals surface area contributed by atoms with Crippen LogP contribution in [0.4, 0.5) is 0 Å². The minimum atomic E-state index is 0. The first kappa shape index (κ1) is 50.2. The fraction of sp³-hybridized carbons (Fsp3) is 0.698. The molecule has 2 aromatic carbocycles. The number of aryl methyl sites for hydroxylation is 4. The van der Waals surface area contributed by atoms with Gasteiger partial charge >= 0.3 is 0 Å². The fourth-order valence-corrected chi connectivity index (χ4v) is 8.83. The first-order chi connectivity index (χ1) is 27.0. The molecule has 3 heteroatoms. The second-order valence-corrected chi connectivity index (χ2v) is 17.4. The van der Waals surface area contributed by atoms with Gasteiger partial charge in [-0.3, -0.25) is 0 Å². The molecule has 0 radical (unpaired) electrons. The van der Waals surface area contributed by atoms with Crippen molar-refractivity contribution < 1.29 is 21.2 Å². The Labute approximate surface area is 358 Å². The van der Waals surface area contributed by atoms with Crippen molar-refractivity contribution in [3.05, 3.63) is 86.5 Å². The Hall–Kier alpha value is -1.99. The SMILES string of the molecule is CCCCCCCCCCCc1cc(CCCCCCCCCCC)cc(C2=C(CCCC)C(C)=C(c3cc(CCCCC)cc(CCCCC)c3)[N+]2=[N-])c1.[Ni]. The van der Waals surface area contributed by atoms with E-state index in [2.05, 4.69) is 77.9 Å². The zero-order valence-corrected chi connectivity index (χ0v) is 38.6. The van der Waals surface area contributed by atoms with Gasteiger partial charge in [-0.2, -0.15) is 0 Å². The third-order valence-electron chi connectivity index (χ3n) is 12.2. The summed E-state index contributed by atoms with van der Waals surface area (Å²) in [6, 6.07) is 14.7. The molecule has 0 unspecified atom stereocenters. The molecule has 318 valence electrons. The van der Waals surface area contributed by atoms with Gasteiger partial charge in [0.1, 0.15) is 0 Å². The Kier molecular flexibility index (Phi) is 27.8. The molecule has 0 bridgehead atoms. The number of nitrogens with zero attached hydrogens (tertiary/aromatic N) is 2. The average molecular weight is 810 g/mol. The van der Waals surface area contributed by atoms with Crippen LogP contribution in [0.25, 0.3) is 16.9 Å². The second-order valence-electron chi connectivity index (χ2n) is 17.4. The molecule has 0 spiro atoms. The predicted octanol–water partition coefficient (Wildman–Crippen LogP) is 17.7. The fourth-order valence-electron chi connectivity index (χ4n) is 8.83. The molecule has 2 aromatic rings. The van der Waals surface area contributed by atoms with Crippen LogP contribution < -0.4 is 0 Å². The standard InChI is InChI=1S/C53H86N2.Ni/c1-7-12-17-19-21-23-25-27-31-35-47-39-48(36-32-28-26-24-22-20-18-13-8-2)43-50(42-47)53-51(37-16-11-5)44(6)52(55(53)54)49-40-45(33-29-14-9-3)38-46(41-49)34-30-15-10-4;/h38-43H,7-37H2,1-6H3;. The monoisotopic (exact) mass is 809 g/mol. The van der Waals surface area contributed by atoms with E-state index in [-0.39, 0.29) is 16.5 Å². The van der Waals surface area contributed by atoms with Crippen molar-refractivity contribution in [1.29, 1.82) is 0 Å². The van der Waals surface area contributed by atoms with E-state index in [1.807, 2.05) is 0 Å². The molecule has 0 saturated carbocycles. The first-order valence-electron chi connectivity index (χ1n) is 24.2. The predicted molar refractivity (Wildman–Crippen MR) is 244 cm³/mol. The third-order valence-corrected chi connectivity index (χ3v) is 12.2. The molecule has 0 amide bonds. The van der Waals surface area contributed by atoms with Crippen LogP contribution in [-0.2, 0) is 42.2 Å². The molecule has 3 rings (SSSR count). The van der Waals surface area contributed by atoms with Crippen molar-refractivity contribution in [2.24, 2.45) is 0 Å². The molecule has 0 N–H and O–H groups in total. The van der Waals surface area contributed by atoms with Gasteiger partial charge < -0.3 is 5.53 Å². The van der Waals surface area contributed by atoms with E-state index in [9.17, 15) is 5.53 Å². The molecule has 1 aliphatic rings. The van der Waals surface area contributed by atoms with Gasteiger partial charge in [-0.25, -0.2) is 4.70 Å². The summed E-state index contributed by atoms with van der Waals surface area (Å²) in [4.78, 5) is 0. The normalized spacial score (nSPS) is 13.0. The van der Waals surface area contributed by atoms with E-state index in [0.717, 1.165) is 56.3 Å². The van der Waals surface area contributed by atoms with E-state index in [4.69, 9.17) is 0 Å². The molecule has 1 aliphatic heterocycles. The summed E-state index contributed by atoms with van der Waals surface area (Å²) < 4.78 is 1.63. The van der Waals surface area contributed by atoms with Crippen LogP contribution in [0.2, 0.25) is 0 Å². The Morgan fingerprint density at radius 1 is 0.357 bits per heavy atom. The van der Waals surface area contributed by atoms with E-state index in [1.165, 1.54) is 199 Å². The molecular formula is C53H86N2Ni. The van der Waals surface area contributed by atoms with E-state index in [0.29, 0.717) is 0 Å². The number of benzene rings is 2. The molecule has 2 nitrogen and oxygen atoms in total. The Bertz CT molecular complexity index is 1360. The van der Waals surface area contributed by atoms with E-state index < -0.39 is 0 Å². The van der Waals surface area contributed by atoms with Crippen molar-refractivity contribution in [3.63, 3.8) is 0 Å². The van der Waals surface area contributed by atoms with Crippen LogP contribution in [-0.4, -0.2) is 4.70 Å². The van der Waals surface area contributed by atoms with Crippen LogP contribution in [0.15, 0.2) is 47.5 Å². The zero-order valence-electron chi connectivity index (χ0n) is 37.6. The van der Waals surface area contributed by atoms with Gasteiger partial charge in [0, 0.05) is 38.8 Å². The van der Waals surface area contributed by atoms with Crippen molar-refractivity contribution in [3.8, 4) is 0 Å². The Balaban J connectivity index is 0.0000108. The summed E-state index contributed by atoms with van der Waals surface area (Å²) in [5, 5.41) is 0. The quantitative estimate of drug-likeness (QED) is 0.0390. The van der Waals surface area contributed by atoms with Crippen LogP contribution in [0.5, 0.6) is 0 Å². The van der Waals surface area contributed by atoms with Crippen LogP contribution in [0.1, 0.15) is 248 Å². The van der Waals surface area contributed by atoms with Crippen molar-refractivity contribution >= 4 is 11.4 Å². The maximum Gasteiger partial charge on any atom is 0.211 e. The van der Waals surface area contributed by atoms with E-state index >= 15 is 0 Å². The van der Waals surface area contributed by atoms with Crippen LogP contribution in [0, 0.1) is 0 Å². The molecule has 0 aliphatic carbocycles. The Morgan fingerprint density at radius 3 is 1.00 bits per heavy atom. The largest absolute Gasteiger partial charge is 0.493 e. The van der Waals surface area contributed by atoms with Crippen LogP contribution in [0.3, 0.4) is 0 Å². The summed E-state index contributed by atoms with van der Waals surface area (Å²) in [5.41, 5.74) is 25.3. The minimum Gasteiger partial charge on any atom is -0.493 e. The number of unbranched alkanes of at least 4 members (excludes halogenated alkanes) is 21. The van der Waals surface area contributed by atoms with Crippen molar-refractivity contribution in [1.82, 2.24) is 0 Å². The summed E-state index contributed by atoms with van der Waals surface area (Å²) >= 11 is 0. The van der Waals surface area contributed by atoms with Gasteiger partial charge in [0.15, 0.2) is 0 Å². The average Bonchev–Trinajstić information content (AvgIpc) is 3.43. The van der Waals surface area contributed by atoms with Gasteiger partial charge in [-0.1, -0.05) is 182 Å². The first-order valence-corrected chi connectivity index (χ1v) is 24.2. The Morgan fingerprint density at radius 2 is 0.643 bits per heavy atom. The number of hydrogen-bond donors (Lipinski definition) is 0. The van der Waals surface area contributed by atoms with Gasteiger partial charge in [0.2, 0.25) is 11.4 Å². The third kappa shape index (κ3) is 18.3. The maximum atomic E-state index is 12.4. The van der Waals surface area contributed by atoms with Crippen LogP contribution >= 0.6 is 0 Å². The summed E-state index contributed by atoms with van der Waals surface area (Å²) in [6.07, 6.45) is 39.8. The van der Waals surface area contributed by atoms with E-state index in [1.54, 1.807) is 4.70 Å². The summed E-state index contributed by atoms with van der Waals surface area (Å²) in [5.74, 6) is 0. The number of hydrogen-bond acceptors (Lipinski definition) is 0. The molecule has 1 heterocycles. The minimum absolute atomic E-state index is 0. The molecule has 56 heavy (non-hydrogen) atoms. The molecule has 0 atom stereocenters.